The summed E-state index contributed by atoms with van der Waals surface area (Å²) in [6.07, 6.45) is -1.83. The Morgan fingerprint density at radius 3 is 2.68 bits per heavy atom. The summed E-state index contributed by atoms with van der Waals surface area (Å²) in [6, 6.07) is 2.02. The fourth-order valence-electron chi connectivity index (χ4n) is 3.13. The standard InChI is InChI=1S/C19H18F4N6O2/c1-18(2)27-16(28-31-18)12-9-24-29-7-6-14(26-17(12)29)25-15(19(21,22)23)11-8-10(20)4-5-13(11)30-3/h4-9,15H,1-3H3,(H,25,26)(H,27,28). The van der Waals surface area contributed by atoms with Crippen LogP contribution in [0, 0.1) is 5.82 Å². The largest absolute Gasteiger partial charge is 0.496 e. The van der Waals surface area contributed by atoms with Gasteiger partial charge in [0.2, 0.25) is 0 Å². The van der Waals surface area contributed by atoms with Crippen molar-refractivity contribution >= 4 is 17.3 Å². The summed E-state index contributed by atoms with van der Waals surface area (Å²) in [7, 11) is 1.21. The summed E-state index contributed by atoms with van der Waals surface area (Å²) >= 11 is 0. The van der Waals surface area contributed by atoms with Crippen LogP contribution in [0.1, 0.15) is 31.0 Å². The van der Waals surface area contributed by atoms with Gasteiger partial charge in [-0.2, -0.15) is 18.3 Å². The Labute approximate surface area is 173 Å². The zero-order chi connectivity index (χ0) is 22.4. The predicted molar refractivity (Wildman–Crippen MR) is 103 cm³/mol. The maximum atomic E-state index is 13.9. The van der Waals surface area contributed by atoms with Gasteiger partial charge in [-0.15, -0.1) is 0 Å². The molecule has 1 aromatic carbocycles. The molecule has 1 atom stereocenters. The highest BCUT2D eigenvalue weighted by molar-refractivity contribution is 6.03. The van der Waals surface area contributed by atoms with Crippen LogP contribution in [0.2, 0.25) is 0 Å². The summed E-state index contributed by atoms with van der Waals surface area (Å²) in [6.45, 7) is 3.47. The molecule has 1 unspecified atom stereocenters. The van der Waals surface area contributed by atoms with Crippen LogP contribution in [-0.4, -0.2) is 39.4 Å². The van der Waals surface area contributed by atoms with Gasteiger partial charge >= 0.3 is 6.18 Å². The number of rotatable bonds is 5. The van der Waals surface area contributed by atoms with Gasteiger partial charge in [0.15, 0.2) is 23.2 Å². The second-order valence-corrected chi connectivity index (χ2v) is 7.26. The molecule has 12 heteroatoms. The number of hydrogen-bond donors (Lipinski definition) is 2. The zero-order valence-corrected chi connectivity index (χ0v) is 16.7. The summed E-state index contributed by atoms with van der Waals surface area (Å²) in [5, 5.41) is 6.47. The minimum absolute atomic E-state index is 0.0957. The molecular formula is C19H18F4N6O2. The molecular weight excluding hydrogens is 420 g/mol. The van der Waals surface area contributed by atoms with Crippen molar-refractivity contribution in [3.05, 3.63) is 53.6 Å². The molecule has 31 heavy (non-hydrogen) atoms. The van der Waals surface area contributed by atoms with E-state index in [0.29, 0.717) is 11.4 Å². The highest BCUT2D eigenvalue weighted by Crippen LogP contribution is 2.39. The van der Waals surface area contributed by atoms with E-state index in [9.17, 15) is 17.6 Å². The SMILES string of the molecule is COc1ccc(F)cc1C(Nc1ccn2ncc(C3=NC(C)(C)ON3)c2n1)C(F)(F)F. The Hall–Kier alpha value is -3.41. The third kappa shape index (κ3) is 4.10. The molecule has 0 amide bonds. The minimum Gasteiger partial charge on any atom is -0.496 e. The normalized spacial score (nSPS) is 16.7. The van der Waals surface area contributed by atoms with Crippen LogP contribution in [0.4, 0.5) is 23.4 Å². The first-order valence-corrected chi connectivity index (χ1v) is 9.13. The number of nitrogens with zero attached hydrogens (tertiary/aromatic N) is 4. The molecule has 0 bridgehead atoms. The van der Waals surface area contributed by atoms with Gasteiger partial charge in [0.25, 0.3) is 0 Å². The Morgan fingerprint density at radius 1 is 1.26 bits per heavy atom. The van der Waals surface area contributed by atoms with Crippen LogP contribution >= 0.6 is 0 Å². The second kappa shape index (κ2) is 7.38. The van der Waals surface area contributed by atoms with Gasteiger partial charge in [-0.3, -0.25) is 0 Å². The van der Waals surface area contributed by atoms with Crippen LogP contribution in [0.25, 0.3) is 5.65 Å². The smallest absolute Gasteiger partial charge is 0.412 e. The van der Waals surface area contributed by atoms with Crippen molar-refractivity contribution in [3.8, 4) is 5.75 Å². The molecule has 1 aliphatic heterocycles. The number of halogens is 4. The quantitative estimate of drug-likeness (QED) is 0.592. The lowest BCUT2D eigenvalue weighted by Crippen LogP contribution is -2.29. The van der Waals surface area contributed by atoms with Crippen LogP contribution in [-0.2, 0) is 4.84 Å². The van der Waals surface area contributed by atoms with E-state index < -0.39 is 29.3 Å². The first-order valence-electron chi connectivity index (χ1n) is 9.13. The molecule has 2 N–H and O–H groups in total. The Balaban J connectivity index is 1.74. The average molecular weight is 438 g/mol. The average Bonchev–Trinajstić information content (AvgIpc) is 3.27. The Morgan fingerprint density at radius 2 is 2.03 bits per heavy atom. The lowest BCUT2D eigenvalue weighted by molar-refractivity contribution is -0.144. The van der Waals surface area contributed by atoms with E-state index >= 15 is 0 Å². The first-order chi connectivity index (χ1) is 14.6. The zero-order valence-electron chi connectivity index (χ0n) is 16.7. The number of amidine groups is 1. The molecule has 0 fully saturated rings. The third-order valence-electron chi connectivity index (χ3n) is 4.53. The summed E-state index contributed by atoms with van der Waals surface area (Å²) in [4.78, 5) is 13.9. The van der Waals surface area contributed by atoms with Crippen molar-refractivity contribution in [2.24, 2.45) is 4.99 Å². The van der Waals surface area contributed by atoms with Gasteiger partial charge in [0, 0.05) is 11.8 Å². The number of anilines is 1. The molecule has 1 aliphatic rings. The lowest BCUT2D eigenvalue weighted by atomic mass is 10.0. The number of fused-ring (bicyclic) bond motifs is 1. The van der Waals surface area contributed by atoms with Gasteiger partial charge in [-0.05, 0) is 38.1 Å². The monoisotopic (exact) mass is 438 g/mol. The van der Waals surface area contributed by atoms with Gasteiger partial charge in [0.05, 0.1) is 18.9 Å². The van der Waals surface area contributed by atoms with Crippen LogP contribution in [0.5, 0.6) is 5.75 Å². The summed E-state index contributed by atoms with van der Waals surface area (Å²) < 4.78 is 61.7. The minimum atomic E-state index is -4.76. The summed E-state index contributed by atoms with van der Waals surface area (Å²) in [5.41, 5.74) is 2.16. The van der Waals surface area contributed by atoms with E-state index in [1.807, 2.05) is 0 Å². The van der Waals surface area contributed by atoms with Gasteiger partial charge in [-0.25, -0.2) is 29.2 Å². The molecule has 164 valence electrons. The number of nitrogens with one attached hydrogen (secondary N) is 2. The van der Waals surface area contributed by atoms with Crippen LogP contribution < -0.4 is 15.5 Å². The number of ether oxygens (including phenoxy) is 1. The van der Waals surface area contributed by atoms with Crippen molar-refractivity contribution in [1.82, 2.24) is 20.1 Å². The summed E-state index contributed by atoms with van der Waals surface area (Å²) in [5.74, 6) is -0.669. The fourth-order valence-corrected chi connectivity index (χ4v) is 3.13. The molecule has 8 nitrogen and oxygen atoms in total. The number of benzene rings is 1. The highest BCUT2D eigenvalue weighted by Gasteiger charge is 2.43. The molecule has 0 aliphatic carbocycles. The number of methoxy groups -OCH3 is 1. The topological polar surface area (TPSA) is 85.1 Å². The van der Waals surface area contributed by atoms with Crippen molar-refractivity contribution in [2.75, 3.05) is 12.4 Å². The fraction of sp³-hybridized carbons (Fsp3) is 0.316. The third-order valence-corrected chi connectivity index (χ3v) is 4.53. The number of aliphatic imine (C=N–C) groups is 1. The van der Waals surface area contributed by atoms with Crippen molar-refractivity contribution in [3.63, 3.8) is 0 Å². The molecule has 0 saturated carbocycles. The number of alkyl halides is 3. The van der Waals surface area contributed by atoms with Crippen molar-refractivity contribution in [2.45, 2.75) is 31.8 Å². The van der Waals surface area contributed by atoms with E-state index in [1.54, 1.807) is 13.8 Å². The number of aromatic nitrogens is 3. The van der Waals surface area contributed by atoms with Crippen LogP contribution in [0.15, 0.2) is 41.7 Å². The van der Waals surface area contributed by atoms with E-state index in [2.05, 4.69) is 25.9 Å². The maximum absolute atomic E-state index is 13.9. The van der Waals surface area contributed by atoms with Gasteiger partial charge in [0.1, 0.15) is 17.4 Å². The van der Waals surface area contributed by atoms with Crippen molar-refractivity contribution in [1.29, 1.82) is 0 Å². The maximum Gasteiger partial charge on any atom is 0.412 e. The Kier molecular flexibility index (Phi) is 4.96. The molecule has 3 aromatic rings. The molecule has 4 rings (SSSR count). The van der Waals surface area contributed by atoms with E-state index in [-0.39, 0.29) is 17.2 Å². The van der Waals surface area contributed by atoms with E-state index in [4.69, 9.17) is 9.57 Å². The highest BCUT2D eigenvalue weighted by atomic mass is 19.4. The lowest BCUT2D eigenvalue weighted by Gasteiger charge is -2.24. The van der Waals surface area contributed by atoms with Gasteiger partial charge in [-0.1, -0.05) is 0 Å². The van der Waals surface area contributed by atoms with E-state index in [1.165, 1.54) is 30.1 Å². The second-order valence-electron chi connectivity index (χ2n) is 7.26. The van der Waals surface area contributed by atoms with Gasteiger partial charge < -0.3 is 10.1 Å². The molecule has 0 saturated heterocycles. The first kappa shape index (κ1) is 20.8. The van der Waals surface area contributed by atoms with Crippen molar-refractivity contribution < 1.29 is 27.1 Å². The molecule has 3 heterocycles. The molecule has 0 radical (unpaired) electrons. The molecule has 0 spiro atoms. The Bertz CT molecular complexity index is 1160. The number of hydrogen-bond acceptors (Lipinski definition) is 7. The van der Waals surface area contributed by atoms with E-state index in [0.717, 1.165) is 18.2 Å². The molecule has 2 aromatic heterocycles. The van der Waals surface area contributed by atoms with Crippen LogP contribution in [0.3, 0.4) is 0 Å². The number of hydroxylamine groups is 1. The predicted octanol–water partition coefficient (Wildman–Crippen LogP) is 3.61.